The Morgan fingerprint density at radius 1 is 1.11 bits per heavy atom. The standard InChI is InChI=1S/C14H12IO3/c1-18-11-8-6-10(7-9-11)15-13-5-3-2-4-12(13)14(16)17/h2-9H,1H3,(H,16,17)/q-1. The van der Waals surface area contributed by atoms with Crippen LogP contribution in [0.1, 0.15) is 10.4 Å². The molecule has 2 rings (SSSR count). The molecule has 0 amide bonds. The van der Waals surface area contributed by atoms with Crippen LogP contribution in [0.25, 0.3) is 0 Å². The van der Waals surface area contributed by atoms with Gasteiger partial charge in [-0.05, 0) is 0 Å². The van der Waals surface area contributed by atoms with Crippen molar-refractivity contribution in [1.82, 2.24) is 0 Å². The van der Waals surface area contributed by atoms with E-state index >= 15 is 0 Å². The summed E-state index contributed by atoms with van der Waals surface area (Å²) in [5.41, 5.74) is 0.404. The molecular weight excluding hydrogens is 343 g/mol. The minimum absolute atomic E-state index is 0.404. The van der Waals surface area contributed by atoms with Gasteiger partial charge < -0.3 is 0 Å². The zero-order chi connectivity index (χ0) is 13.0. The number of carboxylic acids is 1. The zero-order valence-electron chi connectivity index (χ0n) is 9.76. The van der Waals surface area contributed by atoms with Crippen LogP contribution in [0.2, 0.25) is 0 Å². The molecular formula is C14H12IO3-. The Kier molecular flexibility index (Phi) is 4.19. The topological polar surface area (TPSA) is 46.5 Å². The monoisotopic (exact) mass is 355 g/mol. The van der Waals surface area contributed by atoms with Crippen molar-refractivity contribution in [3.63, 3.8) is 0 Å². The molecule has 94 valence electrons. The number of hydrogen-bond donors (Lipinski definition) is 1. The Bertz CT molecular complexity index is 549. The molecule has 0 heterocycles. The second-order valence-electron chi connectivity index (χ2n) is 3.54. The first-order valence-corrected chi connectivity index (χ1v) is 7.47. The fourth-order valence-electron chi connectivity index (χ4n) is 1.47. The second-order valence-corrected chi connectivity index (χ2v) is 6.48. The summed E-state index contributed by atoms with van der Waals surface area (Å²) in [5.74, 6) is -0.0481. The Balaban J connectivity index is 2.25. The third kappa shape index (κ3) is 3.01. The third-order valence-corrected chi connectivity index (χ3v) is 5.23. The number of ether oxygens (including phenoxy) is 1. The van der Waals surface area contributed by atoms with Gasteiger partial charge in [-0.2, -0.15) is 0 Å². The van der Waals surface area contributed by atoms with Crippen molar-refractivity contribution in [2.24, 2.45) is 0 Å². The van der Waals surface area contributed by atoms with Crippen molar-refractivity contribution < 1.29 is 35.8 Å². The van der Waals surface area contributed by atoms with E-state index in [1.807, 2.05) is 36.4 Å². The average Bonchev–Trinajstić information content (AvgIpc) is 2.40. The van der Waals surface area contributed by atoms with Crippen molar-refractivity contribution in [3.8, 4) is 5.75 Å². The van der Waals surface area contributed by atoms with Crippen molar-refractivity contribution in [1.29, 1.82) is 0 Å². The van der Waals surface area contributed by atoms with Crippen LogP contribution in [-0.2, 0) is 0 Å². The van der Waals surface area contributed by atoms with Gasteiger partial charge in [-0.25, -0.2) is 0 Å². The van der Waals surface area contributed by atoms with E-state index in [-0.39, 0.29) is 0 Å². The Morgan fingerprint density at radius 2 is 1.78 bits per heavy atom. The summed E-state index contributed by atoms with van der Waals surface area (Å²) < 4.78 is 7.19. The molecule has 0 atom stereocenters. The number of methoxy groups -OCH3 is 1. The molecule has 0 aromatic heterocycles. The molecule has 0 spiro atoms. The van der Waals surface area contributed by atoms with Crippen LogP contribution in [-0.4, -0.2) is 18.2 Å². The molecule has 0 aliphatic heterocycles. The predicted octanol–water partition coefficient (Wildman–Crippen LogP) is -0.478. The summed E-state index contributed by atoms with van der Waals surface area (Å²) in [6, 6.07) is 15.0. The summed E-state index contributed by atoms with van der Waals surface area (Å²) in [7, 11) is 1.63. The van der Waals surface area contributed by atoms with E-state index in [1.165, 1.54) is 3.57 Å². The summed E-state index contributed by atoms with van der Waals surface area (Å²) in [6.45, 7) is 0. The van der Waals surface area contributed by atoms with Crippen LogP contribution >= 0.6 is 0 Å². The summed E-state index contributed by atoms with van der Waals surface area (Å²) >= 11 is -0.481. The first-order valence-electron chi connectivity index (χ1n) is 5.32. The molecule has 18 heavy (non-hydrogen) atoms. The van der Waals surface area contributed by atoms with E-state index in [9.17, 15) is 4.79 Å². The normalized spacial score (nSPS) is 10.3. The van der Waals surface area contributed by atoms with E-state index in [1.54, 1.807) is 19.2 Å². The van der Waals surface area contributed by atoms with E-state index in [2.05, 4.69) is 0 Å². The van der Waals surface area contributed by atoms with Crippen LogP contribution < -0.4 is 25.9 Å². The summed E-state index contributed by atoms with van der Waals surface area (Å²) in [4.78, 5) is 11.1. The molecule has 0 saturated carbocycles. The van der Waals surface area contributed by atoms with Gasteiger partial charge in [0.05, 0.1) is 0 Å². The maximum atomic E-state index is 11.1. The Labute approximate surface area is 116 Å². The molecule has 0 aliphatic rings. The van der Waals surface area contributed by atoms with E-state index in [4.69, 9.17) is 9.84 Å². The van der Waals surface area contributed by atoms with Gasteiger partial charge in [0.25, 0.3) is 0 Å². The van der Waals surface area contributed by atoms with E-state index < -0.39 is 27.2 Å². The van der Waals surface area contributed by atoms with Crippen molar-refractivity contribution in [3.05, 3.63) is 61.2 Å². The molecule has 0 unspecified atom stereocenters. The predicted molar refractivity (Wildman–Crippen MR) is 63.8 cm³/mol. The van der Waals surface area contributed by atoms with Crippen molar-refractivity contribution in [2.75, 3.05) is 7.11 Å². The van der Waals surface area contributed by atoms with Gasteiger partial charge in [0.1, 0.15) is 0 Å². The number of carboxylic acid groups (broad SMARTS) is 1. The van der Waals surface area contributed by atoms with Gasteiger partial charge in [0.2, 0.25) is 0 Å². The van der Waals surface area contributed by atoms with Crippen LogP contribution in [0.15, 0.2) is 48.5 Å². The van der Waals surface area contributed by atoms with Gasteiger partial charge in [-0.3, -0.25) is 0 Å². The van der Waals surface area contributed by atoms with Crippen LogP contribution in [0, 0.1) is 7.14 Å². The molecule has 0 aliphatic carbocycles. The molecule has 4 heteroatoms. The van der Waals surface area contributed by atoms with Gasteiger partial charge in [0, 0.05) is 0 Å². The van der Waals surface area contributed by atoms with Gasteiger partial charge in [0.15, 0.2) is 0 Å². The van der Waals surface area contributed by atoms with Crippen LogP contribution in [0.5, 0.6) is 5.75 Å². The first kappa shape index (κ1) is 12.9. The summed E-state index contributed by atoms with van der Waals surface area (Å²) in [6.07, 6.45) is 0. The number of halogens is 1. The maximum absolute atomic E-state index is 11.1. The fraction of sp³-hybridized carbons (Fsp3) is 0.0714. The van der Waals surface area contributed by atoms with Crippen LogP contribution in [0.4, 0.5) is 0 Å². The van der Waals surface area contributed by atoms with Gasteiger partial charge in [-0.1, -0.05) is 0 Å². The fourth-order valence-corrected chi connectivity index (χ4v) is 3.95. The number of carbonyl (C=O) groups is 1. The Morgan fingerprint density at radius 3 is 2.39 bits per heavy atom. The van der Waals surface area contributed by atoms with E-state index in [0.717, 1.165) is 9.32 Å². The number of hydrogen-bond acceptors (Lipinski definition) is 2. The van der Waals surface area contributed by atoms with Gasteiger partial charge in [-0.15, -0.1) is 0 Å². The minimum atomic E-state index is -0.862. The SMILES string of the molecule is COc1ccc([I-]c2ccccc2C(=O)O)cc1. The second kappa shape index (κ2) is 5.86. The summed E-state index contributed by atoms with van der Waals surface area (Å²) in [5, 5.41) is 9.12. The first-order chi connectivity index (χ1) is 8.70. The molecule has 0 fully saturated rings. The zero-order valence-corrected chi connectivity index (χ0v) is 11.9. The van der Waals surface area contributed by atoms with Crippen molar-refractivity contribution in [2.45, 2.75) is 0 Å². The molecule has 0 radical (unpaired) electrons. The molecule has 0 bridgehead atoms. The van der Waals surface area contributed by atoms with Crippen LogP contribution in [0.3, 0.4) is 0 Å². The molecule has 2 aromatic rings. The van der Waals surface area contributed by atoms with E-state index in [0.29, 0.717) is 5.56 Å². The molecule has 0 saturated heterocycles. The Hall–Kier alpha value is -1.56. The number of benzene rings is 2. The van der Waals surface area contributed by atoms with Gasteiger partial charge >= 0.3 is 116 Å². The quantitative estimate of drug-likeness (QED) is 0.754. The molecule has 1 N–H and O–H groups in total. The molecule has 3 nitrogen and oxygen atoms in total. The average molecular weight is 355 g/mol. The molecule has 2 aromatic carbocycles. The number of aromatic carboxylic acids is 1. The third-order valence-electron chi connectivity index (χ3n) is 2.36. The number of rotatable bonds is 4. The van der Waals surface area contributed by atoms with Crippen molar-refractivity contribution >= 4 is 5.97 Å².